The molecule has 0 spiro atoms. The molecule has 0 fully saturated rings. The Hall–Kier alpha value is -4.12. The van der Waals surface area contributed by atoms with E-state index < -0.39 is 22.7 Å². The molecule has 3 rings (SSSR count). The molecular weight excluding hydrogens is 424 g/mol. The number of nitro benzene ring substituents is 1. The number of carbonyl (C=O) groups is 2. The fourth-order valence-corrected chi connectivity index (χ4v) is 3.45. The molecule has 158 valence electrons. The van der Waals surface area contributed by atoms with Gasteiger partial charge in [0.25, 0.3) is 5.69 Å². The first-order valence-electron chi connectivity index (χ1n) is 8.82. The number of rotatable bonds is 8. The molecule has 0 saturated heterocycles. The summed E-state index contributed by atoms with van der Waals surface area (Å²) in [6.07, 6.45) is 3.84. The molecule has 0 saturated carbocycles. The maximum atomic E-state index is 12.7. The topological polar surface area (TPSA) is 136 Å². The van der Waals surface area contributed by atoms with E-state index in [4.69, 9.17) is 9.84 Å². The summed E-state index contributed by atoms with van der Waals surface area (Å²) in [6.45, 7) is 3.19. The van der Waals surface area contributed by atoms with E-state index in [1.165, 1.54) is 29.5 Å². The Morgan fingerprint density at radius 2 is 2.03 bits per heavy atom. The van der Waals surface area contributed by atoms with Gasteiger partial charge in [0.15, 0.2) is 0 Å². The molecule has 1 N–H and O–H groups in total. The van der Waals surface area contributed by atoms with Gasteiger partial charge < -0.3 is 9.84 Å². The molecule has 2 heterocycles. The van der Waals surface area contributed by atoms with Crippen molar-refractivity contribution in [3.8, 4) is 10.6 Å². The van der Waals surface area contributed by atoms with Crippen molar-refractivity contribution in [2.45, 2.75) is 6.54 Å². The number of aromatic carboxylic acids is 1. The number of thiazole rings is 1. The number of hydrogen-bond donors (Lipinski definition) is 1. The second kappa shape index (κ2) is 9.59. The zero-order valence-electron chi connectivity index (χ0n) is 16.0. The summed E-state index contributed by atoms with van der Waals surface area (Å²) in [4.78, 5) is 44.2. The lowest BCUT2D eigenvalue weighted by molar-refractivity contribution is -0.385. The van der Waals surface area contributed by atoms with Crippen LogP contribution in [0.2, 0.25) is 0 Å². The van der Waals surface area contributed by atoms with E-state index in [0.717, 1.165) is 16.5 Å². The number of carbonyl (C=O) groups excluding carboxylic acids is 1. The van der Waals surface area contributed by atoms with Crippen LogP contribution in [0, 0.1) is 10.1 Å². The van der Waals surface area contributed by atoms with Crippen LogP contribution < -0.4 is 4.90 Å². The zero-order chi connectivity index (χ0) is 22.4. The van der Waals surface area contributed by atoms with Gasteiger partial charge in [0.2, 0.25) is 0 Å². The quantitative estimate of drug-likeness (QED) is 0.313. The van der Waals surface area contributed by atoms with E-state index in [1.807, 2.05) is 0 Å². The third kappa shape index (κ3) is 5.08. The molecule has 0 radical (unpaired) electrons. The first kappa shape index (κ1) is 21.6. The lowest BCUT2D eigenvalue weighted by Gasteiger charge is -2.19. The van der Waals surface area contributed by atoms with Crippen LogP contribution in [0.1, 0.15) is 15.9 Å². The molecule has 0 aliphatic rings. The highest BCUT2D eigenvalue weighted by Crippen LogP contribution is 2.30. The first-order chi connectivity index (χ1) is 14.9. The second-order valence-electron chi connectivity index (χ2n) is 6.10. The smallest absolute Gasteiger partial charge is 0.416 e. The highest BCUT2D eigenvalue weighted by molar-refractivity contribution is 7.13. The summed E-state index contributed by atoms with van der Waals surface area (Å²) in [6, 6.07) is 7.01. The summed E-state index contributed by atoms with van der Waals surface area (Å²) < 4.78 is 5.12. The highest BCUT2D eigenvalue weighted by atomic mass is 32.1. The SMILES string of the molecule is C=CCOC(=O)N(Cc1ccc(C(=O)O)cc1[N+](=O)[O-])c1csc(-c2ccncc2)n1. The predicted molar refractivity (Wildman–Crippen MR) is 113 cm³/mol. The van der Waals surface area contributed by atoms with Gasteiger partial charge in [-0.3, -0.25) is 20.0 Å². The van der Waals surface area contributed by atoms with Crippen molar-refractivity contribution >= 4 is 34.9 Å². The Labute approximate surface area is 180 Å². The average Bonchev–Trinajstić information content (AvgIpc) is 3.26. The van der Waals surface area contributed by atoms with E-state index in [2.05, 4.69) is 16.5 Å². The molecule has 2 aromatic heterocycles. The standard InChI is InChI=1S/C20H16N4O6S/c1-2-9-30-20(27)23(17-12-31-18(22-17)13-5-7-21-8-6-13)11-15-4-3-14(19(25)26)10-16(15)24(28)29/h2-8,10,12H,1,9,11H2,(H,25,26). The van der Waals surface area contributed by atoms with Gasteiger partial charge in [-0.15, -0.1) is 11.3 Å². The molecule has 0 aliphatic heterocycles. The van der Waals surface area contributed by atoms with Gasteiger partial charge in [-0.05, 0) is 24.3 Å². The molecule has 1 amide bonds. The van der Waals surface area contributed by atoms with Gasteiger partial charge >= 0.3 is 12.1 Å². The zero-order valence-corrected chi connectivity index (χ0v) is 16.8. The monoisotopic (exact) mass is 440 g/mol. The average molecular weight is 440 g/mol. The third-order valence-corrected chi connectivity index (χ3v) is 4.98. The maximum Gasteiger partial charge on any atom is 0.416 e. The lowest BCUT2D eigenvalue weighted by atomic mass is 10.1. The van der Waals surface area contributed by atoms with Crippen LogP contribution in [0.4, 0.5) is 16.3 Å². The Morgan fingerprint density at radius 3 is 2.68 bits per heavy atom. The predicted octanol–water partition coefficient (Wildman–Crippen LogP) is 4.14. The van der Waals surface area contributed by atoms with E-state index in [9.17, 15) is 19.7 Å². The largest absolute Gasteiger partial charge is 0.478 e. The molecule has 3 aromatic rings. The Kier molecular flexibility index (Phi) is 6.67. The fraction of sp³-hybridized carbons (Fsp3) is 0.100. The van der Waals surface area contributed by atoms with Crippen molar-refractivity contribution in [3.05, 3.63) is 82.0 Å². The van der Waals surface area contributed by atoms with Gasteiger partial charge in [0.1, 0.15) is 17.4 Å². The van der Waals surface area contributed by atoms with E-state index in [1.54, 1.807) is 29.9 Å². The van der Waals surface area contributed by atoms with Crippen molar-refractivity contribution in [3.63, 3.8) is 0 Å². The molecule has 0 bridgehead atoms. The molecule has 0 aliphatic carbocycles. The number of carboxylic acids is 1. The van der Waals surface area contributed by atoms with Crippen LogP contribution in [0.15, 0.2) is 60.8 Å². The van der Waals surface area contributed by atoms with Gasteiger partial charge in [-0.1, -0.05) is 12.7 Å². The van der Waals surface area contributed by atoms with Crippen LogP contribution in [0.5, 0.6) is 0 Å². The number of amides is 1. The van der Waals surface area contributed by atoms with E-state index in [-0.39, 0.29) is 30.1 Å². The minimum atomic E-state index is -1.29. The molecule has 0 atom stereocenters. The normalized spacial score (nSPS) is 10.3. The van der Waals surface area contributed by atoms with Gasteiger partial charge in [-0.25, -0.2) is 14.6 Å². The van der Waals surface area contributed by atoms with Crippen LogP contribution >= 0.6 is 11.3 Å². The highest BCUT2D eigenvalue weighted by Gasteiger charge is 2.25. The van der Waals surface area contributed by atoms with E-state index in [0.29, 0.717) is 5.01 Å². The minimum absolute atomic E-state index is 0.0588. The summed E-state index contributed by atoms with van der Waals surface area (Å²) in [7, 11) is 0. The van der Waals surface area contributed by atoms with Gasteiger partial charge in [-0.2, -0.15) is 0 Å². The third-order valence-electron chi connectivity index (χ3n) is 4.10. The Bertz CT molecular complexity index is 1130. The number of hydrogen-bond acceptors (Lipinski definition) is 8. The fourth-order valence-electron chi connectivity index (χ4n) is 2.63. The van der Waals surface area contributed by atoms with Crippen LogP contribution in [0.25, 0.3) is 10.6 Å². The molecule has 31 heavy (non-hydrogen) atoms. The second-order valence-corrected chi connectivity index (χ2v) is 6.96. The minimum Gasteiger partial charge on any atom is -0.478 e. The van der Waals surface area contributed by atoms with Gasteiger partial charge in [0, 0.05) is 35.0 Å². The number of nitrogens with zero attached hydrogens (tertiary/aromatic N) is 4. The Morgan fingerprint density at radius 1 is 1.29 bits per heavy atom. The van der Waals surface area contributed by atoms with Crippen molar-refractivity contribution in [1.29, 1.82) is 0 Å². The summed E-state index contributed by atoms with van der Waals surface area (Å²) in [5.74, 6) is -1.05. The van der Waals surface area contributed by atoms with Crippen molar-refractivity contribution in [1.82, 2.24) is 9.97 Å². The molecule has 0 unspecified atom stereocenters. The van der Waals surface area contributed by atoms with Crippen molar-refractivity contribution < 1.29 is 24.4 Å². The van der Waals surface area contributed by atoms with Gasteiger partial charge in [0.05, 0.1) is 17.0 Å². The number of ether oxygens (including phenoxy) is 1. The summed E-state index contributed by atoms with van der Waals surface area (Å²) >= 11 is 1.28. The summed E-state index contributed by atoms with van der Waals surface area (Å²) in [5.41, 5.74) is 0.266. The molecule has 1 aromatic carbocycles. The van der Waals surface area contributed by atoms with Crippen molar-refractivity contribution in [2.24, 2.45) is 0 Å². The maximum absolute atomic E-state index is 12.7. The number of aromatic nitrogens is 2. The molecule has 11 heteroatoms. The molecular formula is C20H16N4O6S. The van der Waals surface area contributed by atoms with Crippen molar-refractivity contribution in [2.75, 3.05) is 11.5 Å². The number of pyridine rings is 1. The van der Waals surface area contributed by atoms with Crippen LogP contribution in [-0.4, -0.2) is 38.7 Å². The lowest BCUT2D eigenvalue weighted by Crippen LogP contribution is -2.31. The number of carboxylic acid groups (broad SMARTS) is 1. The number of benzene rings is 1. The van der Waals surface area contributed by atoms with Crippen LogP contribution in [0.3, 0.4) is 0 Å². The Balaban J connectivity index is 1.98. The summed E-state index contributed by atoms with van der Waals surface area (Å²) in [5, 5.41) is 22.8. The molecule has 10 nitrogen and oxygen atoms in total. The number of nitro groups is 1. The first-order valence-corrected chi connectivity index (χ1v) is 9.70. The van der Waals surface area contributed by atoms with Crippen LogP contribution in [-0.2, 0) is 11.3 Å². The van der Waals surface area contributed by atoms with E-state index >= 15 is 0 Å². The number of anilines is 1.